The average molecular weight is 207 g/mol. The van der Waals surface area contributed by atoms with Crippen LogP contribution >= 0.6 is 0 Å². The molecule has 0 aromatic heterocycles. The van der Waals surface area contributed by atoms with Gasteiger partial charge in [0, 0.05) is 0 Å². The van der Waals surface area contributed by atoms with Crippen LogP contribution in [0.5, 0.6) is 0 Å². The van der Waals surface area contributed by atoms with E-state index in [9.17, 15) is 0 Å². The van der Waals surface area contributed by atoms with E-state index < -0.39 is 0 Å². The minimum atomic E-state index is 0. The van der Waals surface area contributed by atoms with Crippen molar-refractivity contribution < 1.29 is 15.0 Å². The van der Waals surface area contributed by atoms with Crippen LogP contribution in [0, 0.1) is 10.2 Å². The predicted molar refractivity (Wildman–Crippen MR) is 41.7 cm³/mol. The number of unbranched alkanes of at least 4 members (excludes halogenated alkanes) is 3. The van der Waals surface area contributed by atoms with Crippen LogP contribution in [-0.2, 0) is 15.0 Å². The summed E-state index contributed by atoms with van der Waals surface area (Å²) in [5.74, 6) is 0. The molecule has 0 aliphatic rings. The Morgan fingerprint density at radius 3 is 2.50 bits per heavy atom. The SMILES string of the molecule is CCCCC[CH2][Fe][C]#N.[KH]. The van der Waals surface area contributed by atoms with Crippen molar-refractivity contribution >= 4 is 51.4 Å². The van der Waals surface area contributed by atoms with Crippen molar-refractivity contribution in [2.45, 2.75) is 37.9 Å². The van der Waals surface area contributed by atoms with Gasteiger partial charge in [0.25, 0.3) is 0 Å². The van der Waals surface area contributed by atoms with Gasteiger partial charge in [-0.1, -0.05) is 0 Å². The van der Waals surface area contributed by atoms with E-state index in [1.165, 1.54) is 25.7 Å². The standard InChI is InChI=1S/C6H13.CN.Fe.K.H/c1-3-5-6-4-2;1-2;;;/h1,3-6H2,2H3;;;;. The summed E-state index contributed by atoms with van der Waals surface area (Å²) in [7, 11) is 0. The predicted octanol–water partition coefficient (Wildman–Crippen LogP) is 1.90. The summed E-state index contributed by atoms with van der Waals surface area (Å²) >= 11 is 0.740. The summed E-state index contributed by atoms with van der Waals surface area (Å²) in [4.78, 5) is 2.14. The molecule has 0 N–H and O–H groups in total. The Balaban J connectivity index is 0. The number of nitriles is 1. The number of hydrogen-bond donors (Lipinski definition) is 0. The molecule has 1 nitrogen and oxygen atoms in total. The first-order valence-corrected chi connectivity index (χ1v) is 4.69. The van der Waals surface area contributed by atoms with Gasteiger partial charge in [0.15, 0.2) is 0 Å². The molecule has 0 amide bonds. The minimum absolute atomic E-state index is 0. The van der Waals surface area contributed by atoms with Gasteiger partial charge >= 0.3 is 114 Å². The number of nitrogens with zero attached hydrogens (tertiary/aromatic N) is 1. The van der Waals surface area contributed by atoms with Crippen LogP contribution in [0.2, 0.25) is 5.32 Å². The fraction of sp³-hybridized carbons (Fsp3) is 0.857. The van der Waals surface area contributed by atoms with Crippen molar-refractivity contribution in [1.82, 2.24) is 0 Å². The fourth-order valence-corrected chi connectivity index (χ4v) is 1.21. The van der Waals surface area contributed by atoms with Crippen molar-refractivity contribution in [2.75, 3.05) is 0 Å². The van der Waals surface area contributed by atoms with Crippen LogP contribution < -0.4 is 0 Å². The topological polar surface area (TPSA) is 23.8 Å². The van der Waals surface area contributed by atoms with Gasteiger partial charge in [-0.05, 0) is 0 Å². The summed E-state index contributed by atoms with van der Waals surface area (Å²) in [6, 6.07) is 0. The summed E-state index contributed by atoms with van der Waals surface area (Å²) in [5.41, 5.74) is 0. The molecule has 0 fully saturated rings. The first kappa shape index (κ1) is 14.2. The molecule has 0 unspecified atom stereocenters. The van der Waals surface area contributed by atoms with Gasteiger partial charge in [-0.2, -0.15) is 0 Å². The van der Waals surface area contributed by atoms with E-state index in [1.54, 1.807) is 0 Å². The third-order valence-corrected chi connectivity index (χ3v) is 1.96. The molecule has 0 aliphatic heterocycles. The summed E-state index contributed by atoms with van der Waals surface area (Å²) in [6.45, 7) is 2.20. The number of hydrogen-bond acceptors (Lipinski definition) is 1. The molecule has 0 aliphatic carbocycles. The van der Waals surface area contributed by atoms with Gasteiger partial charge in [-0.15, -0.1) is 0 Å². The Morgan fingerprint density at radius 1 is 1.30 bits per heavy atom. The van der Waals surface area contributed by atoms with Gasteiger partial charge in [0.1, 0.15) is 0 Å². The van der Waals surface area contributed by atoms with Gasteiger partial charge in [0.05, 0.1) is 0 Å². The molecule has 0 aromatic rings. The second kappa shape index (κ2) is 13.3. The normalized spacial score (nSPS) is 8.40. The van der Waals surface area contributed by atoms with Gasteiger partial charge in [0.2, 0.25) is 0 Å². The van der Waals surface area contributed by atoms with Crippen LogP contribution in [0.1, 0.15) is 32.6 Å². The molecule has 0 bridgehead atoms. The van der Waals surface area contributed by atoms with Crippen LogP contribution in [0.25, 0.3) is 0 Å². The molecular formula is C7H14FeKN. The first-order valence-electron chi connectivity index (χ1n) is 3.36. The van der Waals surface area contributed by atoms with E-state index in [0.29, 0.717) is 0 Å². The monoisotopic (exact) mass is 207 g/mol. The molecule has 0 saturated carbocycles. The summed E-state index contributed by atoms with van der Waals surface area (Å²) in [5, 5.41) is 9.27. The van der Waals surface area contributed by atoms with E-state index in [1.807, 2.05) is 0 Å². The Kier molecular flexibility index (Phi) is 18.8. The van der Waals surface area contributed by atoms with Crippen LogP contribution in [0.15, 0.2) is 0 Å². The fourth-order valence-electron chi connectivity index (χ4n) is 0.617. The molecule has 0 heterocycles. The molecule has 0 atom stereocenters. The Bertz CT molecular complexity index is 90.1. The van der Waals surface area contributed by atoms with Crippen LogP contribution in [0.4, 0.5) is 0 Å². The van der Waals surface area contributed by atoms with Crippen molar-refractivity contribution in [2.24, 2.45) is 0 Å². The molecular weight excluding hydrogens is 193 g/mol. The third kappa shape index (κ3) is 12.3. The van der Waals surface area contributed by atoms with Crippen molar-refractivity contribution in [1.29, 1.82) is 5.26 Å². The van der Waals surface area contributed by atoms with E-state index in [4.69, 9.17) is 5.26 Å². The molecule has 0 rings (SSSR count). The first-order chi connectivity index (χ1) is 4.41. The summed E-state index contributed by atoms with van der Waals surface area (Å²) in [6.07, 6.45) is 5.15. The maximum absolute atomic E-state index is 8.17. The zero-order valence-electron chi connectivity index (χ0n) is 5.84. The number of rotatable bonds is 5. The second-order valence-electron chi connectivity index (χ2n) is 1.94. The molecule has 0 spiro atoms. The van der Waals surface area contributed by atoms with E-state index in [0.717, 1.165) is 20.3 Å². The zero-order chi connectivity index (χ0) is 6.95. The van der Waals surface area contributed by atoms with E-state index >= 15 is 0 Å². The van der Waals surface area contributed by atoms with Crippen molar-refractivity contribution in [3.63, 3.8) is 0 Å². The Hall–Kier alpha value is 1.65. The third-order valence-electron chi connectivity index (χ3n) is 1.12. The van der Waals surface area contributed by atoms with E-state index in [-0.39, 0.29) is 51.4 Å². The van der Waals surface area contributed by atoms with Crippen LogP contribution in [-0.4, -0.2) is 51.4 Å². The molecule has 3 heteroatoms. The van der Waals surface area contributed by atoms with Gasteiger partial charge < -0.3 is 0 Å². The van der Waals surface area contributed by atoms with E-state index in [2.05, 4.69) is 11.9 Å². The Morgan fingerprint density at radius 2 is 2.00 bits per heavy atom. The van der Waals surface area contributed by atoms with Crippen molar-refractivity contribution in [3.8, 4) is 4.97 Å². The molecule has 0 saturated heterocycles. The molecule has 0 aromatic carbocycles. The average Bonchev–Trinajstić information content (AvgIpc) is 1.89. The molecule has 0 radical (unpaired) electrons. The zero-order valence-corrected chi connectivity index (χ0v) is 6.94. The van der Waals surface area contributed by atoms with Crippen LogP contribution in [0.3, 0.4) is 0 Å². The van der Waals surface area contributed by atoms with Gasteiger partial charge in [-0.25, -0.2) is 0 Å². The Labute approximate surface area is 113 Å². The quantitative estimate of drug-likeness (QED) is 0.499. The molecule has 10 heavy (non-hydrogen) atoms. The molecule has 56 valence electrons. The van der Waals surface area contributed by atoms with Gasteiger partial charge in [-0.3, -0.25) is 0 Å². The maximum atomic E-state index is 8.17. The second-order valence-corrected chi connectivity index (χ2v) is 3.13. The summed E-state index contributed by atoms with van der Waals surface area (Å²) < 4.78 is 0. The van der Waals surface area contributed by atoms with Crippen molar-refractivity contribution in [3.05, 3.63) is 0 Å².